The first-order valence-electron chi connectivity index (χ1n) is 7.97. The zero-order chi connectivity index (χ0) is 19.6. The summed E-state index contributed by atoms with van der Waals surface area (Å²) in [6.07, 6.45) is 0. The largest absolute Gasteiger partial charge is 0.497 e. The highest BCUT2D eigenvalue weighted by molar-refractivity contribution is 6.09. The molecule has 138 valence electrons. The number of ether oxygens (including phenoxy) is 2. The normalized spacial score (nSPS) is 10.4. The molecule has 7 nitrogen and oxygen atoms in total. The van der Waals surface area contributed by atoms with Crippen LogP contribution in [0.25, 0.3) is 22.4 Å². The maximum absolute atomic E-state index is 11.9. The first-order chi connectivity index (χ1) is 13.0. The lowest BCUT2D eigenvalue weighted by atomic mass is 9.96. The zero-order valence-electron chi connectivity index (χ0n) is 14.6. The first kappa shape index (κ1) is 18.1. The fourth-order valence-corrected chi connectivity index (χ4v) is 2.89. The summed E-state index contributed by atoms with van der Waals surface area (Å²) in [6, 6.07) is 13.6. The van der Waals surface area contributed by atoms with E-state index in [0.29, 0.717) is 33.9 Å². The van der Waals surface area contributed by atoms with E-state index < -0.39 is 11.9 Å². The summed E-state index contributed by atoms with van der Waals surface area (Å²) in [5.41, 5.74) is 1.22. The molecule has 1 heterocycles. The summed E-state index contributed by atoms with van der Waals surface area (Å²) in [5, 5.41) is 19.1. The summed E-state index contributed by atoms with van der Waals surface area (Å²) in [4.78, 5) is 26.2. The van der Waals surface area contributed by atoms with Crippen molar-refractivity contribution in [3.8, 4) is 33.9 Å². The number of aromatic carboxylic acids is 2. The zero-order valence-corrected chi connectivity index (χ0v) is 14.6. The molecular formula is C20H17NO6. The van der Waals surface area contributed by atoms with Crippen molar-refractivity contribution in [3.05, 3.63) is 59.8 Å². The molecule has 0 aliphatic rings. The number of hydrogen-bond acceptors (Lipinski definition) is 4. The minimum atomic E-state index is -1.35. The highest BCUT2D eigenvalue weighted by Crippen LogP contribution is 2.38. The fourth-order valence-electron chi connectivity index (χ4n) is 2.89. The van der Waals surface area contributed by atoms with Crippen LogP contribution >= 0.6 is 0 Å². The predicted molar refractivity (Wildman–Crippen MR) is 98.7 cm³/mol. The first-order valence-corrected chi connectivity index (χ1v) is 7.97. The Bertz CT molecular complexity index is 987. The number of rotatable bonds is 6. The molecule has 0 aliphatic heterocycles. The third-order valence-electron chi connectivity index (χ3n) is 4.19. The number of nitrogens with one attached hydrogen (secondary N) is 1. The van der Waals surface area contributed by atoms with E-state index in [1.165, 1.54) is 14.2 Å². The summed E-state index contributed by atoms with van der Waals surface area (Å²) in [5.74, 6) is -1.43. The Morgan fingerprint density at radius 2 is 1.26 bits per heavy atom. The maximum Gasteiger partial charge on any atom is 0.353 e. The van der Waals surface area contributed by atoms with Gasteiger partial charge in [-0.3, -0.25) is 0 Å². The monoisotopic (exact) mass is 367 g/mol. The van der Waals surface area contributed by atoms with E-state index in [-0.39, 0.29) is 11.3 Å². The van der Waals surface area contributed by atoms with Crippen LogP contribution in [0.5, 0.6) is 11.5 Å². The fraction of sp³-hybridized carbons (Fsp3) is 0.100. The van der Waals surface area contributed by atoms with Gasteiger partial charge in [0.25, 0.3) is 0 Å². The number of H-pyrrole nitrogens is 1. The highest BCUT2D eigenvalue weighted by Gasteiger charge is 2.28. The Balaban J connectivity index is 2.28. The molecule has 3 aromatic rings. The molecule has 0 atom stereocenters. The van der Waals surface area contributed by atoms with Gasteiger partial charge in [0.1, 0.15) is 22.8 Å². The van der Waals surface area contributed by atoms with Crippen LogP contribution in [-0.2, 0) is 0 Å². The van der Waals surface area contributed by atoms with Crippen molar-refractivity contribution >= 4 is 11.9 Å². The van der Waals surface area contributed by atoms with E-state index >= 15 is 0 Å². The average Bonchev–Trinajstić information content (AvgIpc) is 3.09. The molecule has 0 spiro atoms. The highest BCUT2D eigenvalue weighted by atomic mass is 16.5. The molecule has 3 rings (SSSR count). The van der Waals surface area contributed by atoms with Gasteiger partial charge in [0.2, 0.25) is 0 Å². The molecule has 0 unspecified atom stereocenters. The summed E-state index contributed by atoms with van der Waals surface area (Å²) in [6.45, 7) is 0. The van der Waals surface area contributed by atoms with Crippen LogP contribution in [0.15, 0.2) is 48.5 Å². The second-order valence-corrected chi connectivity index (χ2v) is 5.69. The molecule has 0 radical (unpaired) electrons. The van der Waals surface area contributed by atoms with Crippen LogP contribution in [0.1, 0.15) is 20.8 Å². The van der Waals surface area contributed by atoms with E-state index in [2.05, 4.69) is 4.98 Å². The van der Waals surface area contributed by atoms with Gasteiger partial charge in [-0.1, -0.05) is 12.1 Å². The van der Waals surface area contributed by atoms with Gasteiger partial charge >= 0.3 is 11.9 Å². The van der Waals surface area contributed by atoms with Crippen LogP contribution in [-0.4, -0.2) is 41.4 Å². The number of aromatic nitrogens is 1. The smallest absolute Gasteiger partial charge is 0.353 e. The number of carboxylic acid groups (broad SMARTS) is 2. The molecule has 0 saturated carbocycles. The molecule has 7 heteroatoms. The van der Waals surface area contributed by atoms with E-state index in [9.17, 15) is 19.8 Å². The molecule has 1 aromatic heterocycles. The Hall–Kier alpha value is -3.74. The van der Waals surface area contributed by atoms with Crippen molar-refractivity contribution in [2.45, 2.75) is 0 Å². The minimum absolute atomic E-state index is 0.293. The van der Waals surface area contributed by atoms with Crippen molar-refractivity contribution in [1.29, 1.82) is 0 Å². The molecule has 0 aliphatic carbocycles. The lowest BCUT2D eigenvalue weighted by molar-refractivity contribution is 0.0649. The van der Waals surface area contributed by atoms with Gasteiger partial charge in [0, 0.05) is 5.56 Å². The lowest BCUT2D eigenvalue weighted by Crippen LogP contribution is -2.07. The summed E-state index contributed by atoms with van der Waals surface area (Å²) in [7, 11) is 3.07. The third-order valence-corrected chi connectivity index (χ3v) is 4.19. The van der Waals surface area contributed by atoms with Gasteiger partial charge in [-0.05, 0) is 47.5 Å². The molecule has 2 aromatic carbocycles. The van der Waals surface area contributed by atoms with Crippen LogP contribution in [0.2, 0.25) is 0 Å². The maximum atomic E-state index is 11.9. The van der Waals surface area contributed by atoms with E-state index in [1.54, 1.807) is 48.5 Å². The Kier molecular flexibility index (Phi) is 4.85. The van der Waals surface area contributed by atoms with Gasteiger partial charge in [-0.2, -0.15) is 0 Å². The number of methoxy groups -OCH3 is 2. The summed E-state index contributed by atoms with van der Waals surface area (Å²) < 4.78 is 10.3. The SMILES string of the molecule is COc1ccc(-c2[nH]c(C(=O)O)c(C(=O)O)c2-c2ccc(OC)cc2)cc1. The molecule has 0 fully saturated rings. The van der Waals surface area contributed by atoms with Crippen molar-refractivity contribution in [3.63, 3.8) is 0 Å². The van der Waals surface area contributed by atoms with Gasteiger partial charge in [0.05, 0.1) is 19.9 Å². The molecular weight excluding hydrogens is 350 g/mol. The van der Waals surface area contributed by atoms with Crippen LogP contribution < -0.4 is 9.47 Å². The van der Waals surface area contributed by atoms with Crippen molar-refractivity contribution in [2.24, 2.45) is 0 Å². The molecule has 27 heavy (non-hydrogen) atoms. The predicted octanol–water partition coefficient (Wildman–Crippen LogP) is 3.76. The van der Waals surface area contributed by atoms with Crippen molar-refractivity contribution in [2.75, 3.05) is 14.2 Å². The number of carboxylic acids is 2. The number of aromatic amines is 1. The average molecular weight is 367 g/mol. The number of carbonyl (C=O) groups is 2. The van der Waals surface area contributed by atoms with Gasteiger partial charge in [-0.15, -0.1) is 0 Å². The second-order valence-electron chi connectivity index (χ2n) is 5.69. The Morgan fingerprint density at radius 3 is 1.67 bits per heavy atom. The van der Waals surface area contributed by atoms with Crippen molar-refractivity contribution < 1.29 is 29.3 Å². The molecule has 0 amide bonds. The number of benzene rings is 2. The number of hydrogen-bond donors (Lipinski definition) is 3. The van der Waals surface area contributed by atoms with Crippen LogP contribution in [0, 0.1) is 0 Å². The summed E-state index contributed by atoms with van der Waals surface area (Å²) >= 11 is 0. The standard InChI is InChI=1S/C20H17NO6/c1-26-13-7-3-11(4-8-13)15-16(19(22)23)18(20(24)25)21-17(15)12-5-9-14(27-2)10-6-12/h3-10,21H,1-2H3,(H,22,23)(H,24,25). The molecule has 0 saturated heterocycles. The van der Waals surface area contributed by atoms with E-state index in [4.69, 9.17) is 9.47 Å². The van der Waals surface area contributed by atoms with Crippen LogP contribution in [0.3, 0.4) is 0 Å². The second kappa shape index (κ2) is 7.25. The lowest BCUT2D eigenvalue weighted by Gasteiger charge is -2.08. The minimum Gasteiger partial charge on any atom is -0.497 e. The Labute approximate surface area is 154 Å². The van der Waals surface area contributed by atoms with Gasteiger partial charge < -0.3 is 24.7 Å². The van der Waals surface area contributed by atoms with Gasteiger partial charge in [-0.25, -0.2) is 9.59 Å². The van der Waals surface area contributed by atoms with Crippen molar-refractivity contribution in [1.82, 2.24) is 4.98 Å². The quantitative estimate of drug-likeness (QED) is 0.612. The Morgan fingerprint density at radius 1 is 0.778 bits per heavy atom. The van der Waals surface area contributed by atoms with Gasteiger partial charge in [0.15, 0.2) is 0 Å². The topological polar surface area (TPSA) is 109 Å². The third kappa shape index (κ3) is 3.35. The molecule has 0 bridgehead atoms. The van der Waals surface area contributed by atoms with Crippen LogP contribution in [0.4, 0.5) is 0 Å². The van der Waals surface area contributed by atoms with E-state index in [1.807, 2.05) is 0 Å². The molecule has 3 N–H and O–H groups in total. The van der Waals surface area contributed by atoms with E-state index in [0.717, 1.165) is 0 Å².